The molecule has 1 nitrogen and oxygen atoms in total. The normalized spacial score (nSPS) is 12.3. The summed E-state index contributed by atoms with van der Waals surface area (Å²) in [5.74, 6) is 0.915. The Balaban J connectivity index is 1.51. The molecule has 0 saturated carbocycles. The average Bonchev–Trinajstić information content (AvgIpc) is 2.82. The average molecular weight is 440 g/mol. The highest BCUT2D eigenvalue weighted by atomic mass is 35.5. The number of fused-ring (bicyclic) bond motifs is 2. The van der Waals surface area contributed by atoms with Gasteiger partial charge < -0.3 is 4.90 Å². The molecule has 0 unspecified atom stereocenters. The van der Waals surface area contributed by atoms with E-state index >= 15 is 0 Å². The number of thioether (sulfide) groups is 1. The van der Waals surface area contributed by atoms with Crippen LogP contribution in [0.5, 0.6) is 0 Å². The van der Waals surface area contributed by atoms with Crippen molar-refractivity contribution >= 4 is 40.3 Å². The Kier molecular flexibility index (Phi) is 5.84. The van der Waals surface area contributed by atoms with E-state index in [4.69, 9.17) is 11.6 Å². The number of anilines is 2. The van der Waals surface area contributed by atoms with Crippen molar-refractivity contribution in [3.05, 3.63) is 136 Å². The van der Waals surface area contributed by atoms with Gasteiger partial charge in [-0.05, 0) is 46.4 Å². The van der Waals surface area contributed by atoms with Crippen molar-refractivity contribution in [1.82, 2.24) is 0 Å². The van der Waals surface area contributed by atoms with Gasteiger partial charge in [-0.2, -0.15) is 0 Å². The van der Waals surface area contributed by atoms with Crippen LogP contribution < -0.4 is 4.90 Å². The standard InChI is InChI=1S/C28H22ClNS/c29-23-16-14-22(15-17-23)19-31-20-26-24-10-4-6-12-27(24)30(18-21-8-2-1-3-9-21)28-13-7-5-11-25(26)28/h1-17,20H,18-19H2. The van der Waals surface area contributed by atoms with Crippen LogP contribution in [0.3, 0.4) is 0 Å². The third-order valence-corrected chi connectivity index (χ3v) is 6.67. The predicted molar refractivity (Wildman–Crippen MR) is 135 cm³/mol. The van der Waals surface area contributed by atoms with E-state index in [-0.39, 0.29) is 0 Å². The molecule has 31 heavy (non-hydrogen) atoms. The van der Waals surface area contributed by atoms with Crippen molar-refractivity contribution in [2.75, 3.05) is 4.90 Å². The molecule has 1 aliphatic heterocycles. The quantitative estimate of drug-likeness (QED) is 0.307. The van der Waals surface area contributed by atoms with E-state index in [2.05, 4.69) is 101 Å². The molecule has 0 fully saturated rings. The Bertz CT molecular complexity index is 1170. The lowest BCUT2D eigenvalue weighted by Gasteiger charge is -2.34. The van der Waals surface area contributed by atoms with Gasteiger partial charge in [0, 0.05) is 39.8 Å². The van der Waals surface area contributed by atoms with Gasteiger partial charge in [0.15, 0.2) is 0 Å². The lowest BCUT2D eigenvalue weighted by molar-refractivity contribution is 0.963. The summed E-state index contributed by atoms with van der Waals surface area (Å²) in [6.45, 7) is 0.847. The lowest BCUT2D eigenvalue weighted by atomic mass is 9.91. The molecule has 1 heterocycles. The highest BCUT2D eigenvalue weighted by Crippen LogP contribution is 2.46. The van der Waals surface area contributed by atoms with Gasteiger partial charge in [0.1, 0.15) is 0 Å². The molecule has 0 amide bonds. The molecule has 3 heteroatoms. The maximum atomic E-state index is 6.03. The highest BCUT2D eigenvalue weighted by molar-refractivity contribution is 8.01. The van der Waals surface area contributed by atoms with Gasteiger partial charge in [-0.15, -0.1) is 11.8 Å². The molecule has 152 valence electrons. The molecule has 0 aromatic heterocycles. The summed E-state index contributed by atoms with van der Waals surface area (Å²) in [5.41, 5.74) is 8.92. The van der Waals surface area contributed by atoms with Crippen LogP contribution >= 0.6 is 23.4 Å². The minimum absolute atomic E-state index is 0.778. The fraction of sp³-hybridized carbons (Fsp3) is 0.0714. The van der Waals surface area contributed by atoms with Crippen molar-refractivity contribution in [2.24, 2.45) is 0 Å². The first-order valence-electron chi connectivity index (χ1n) is 10.4. The van der Waals surface area contributed by atoms with E-state index in [1.165, 1.54) is 39.2 Å². The van der Waals surface area contributed by atoms with Crippen LogP contribution in [0.1, 0.15) is 22.3 Å². The van der Waals surface area contributed by atoms with E-state index in [9.17, 15) is 0 Å². The van der Waals surface area contributed by atoms with Gasteiger partial charge in [-0.25, -0.2) is 0 Å². The molecule has 1 aliphatic rings. The summed E-state index contributed by atoms with van der Waals surface area (Å²) < 4.78 is 0. The monoisotopic (exact) mass is 439 g/mol. The van der Waals surface area contributed by atoms with Crippen molar-refractivity contribution in [3.8, 4) is 0 Å². The zero-order chi connectivity index (χ0) is 21.0. The predicted octanol–water partition coefficient (Wildman–Crippen LogP) is 8.31. The zero-order valence-electron chi connectivity index (χ0n) is 17.0. The van der Waals surface area contributed by atoms with Crippen LogP contribution in [-0.2, 0) is 12.3 Å². The van der Waals surface area contributed by atoms with Gasteiger partial charge in [0.2, 0.25) is 0 Å². The van der Waals surface area contributed by atoms with E-state index in [0.717, 1.165) is 17.3 Å². The van der Waals surface area contributed by atoms with Crippen LogP contribution in [0, 0.1) is 0 Å². The smallest absolute Gasteiger partial charge is 0.0494 e. The summed E-state index contributed by atoms with van der Waals surface area (Å²) >= 11 is 7.86. The number of nitrogens with zero attached hydrogens (tertiary/aromatic N) is 1. The van der Waals surface area contributed by atoms with Crippen LogP contribution in [0.2, 0.25) is 5.02 Å². The van der Waals surface area contributed by atoms with Crippen molar-refractivity contribution in [1.29, 1.82) is 0 Å². The zero-order valence-corrected chi connectivity index (χ0v) is 18.6. The van der Waals surface area contributed by atoms with Crippen molar-refractivity contribution in [2.45, 2.75) is 12.3 Å². The maximum absolute atomic E-state index is 6.03. The summed E-state index contributed by atoms with van der Waals surface area (Å²) in [6, 6.07) is 36.2. The Morgan fingerprint density at radius 1 is 0.645 bits per heavy atom. The molecular weight excluding hydrogens is 418 g/mol. The number of hydrogen-bond acceptors (Lipinski definition) is 2. The first-order valence-corrected chi connectivity index (χ1v) is 11.8. The van der Waals surface area contributed by atoms with Crippen molar-refractivity contribution < 1.29 is 0 Å². The number of para-hydroxylation sites is 2. The highest BCUT2D eigenvalue weighted by Gasteiger charge is 2.25. The Hall–Kier alpha value is -2.94. The van der Waals surface area contributed by atoms with Crippen LogP contribution in [0.25, 0.3) is 5.57 Å². The molecule has 4 aromatic rings. The summed E-state index contributed by atoms with van der Waals surface area (Å²) in [6.07, 6.45) is 0. The topological polar surface area (TPSA) is 3.24 Å². The Morgan fingerprint density at radius 3 is 1.87 bits per heavy atom. The third-order valence-electron chi connectivity index (χ3n) is 5.52. The fourth-order valence-electron chi connectivity index (χ4n) is 4.01. The first-order chi connectivity index (χ1) is 15.3. The summed E-state index contributed by atoms with van der Waals surface area (Å²) in [4.78, 5) is 2.43. The Morgan fingerprint density at radius 2 is 1.23 bits per heavy atom. The maximum Gasteiger partial charge on any atom is 0.0494 e. The second kappa shape index (κ2) is 9.05. The van der Waals surface area contributed by atoms with Crippen molar-refractivity contribution in [3.63, 3.8) is 0 Å². The molecule has 4 aromatic carbocycles. The van der Waals surface area contributed by atoms with Crippen LogP contribution in [-0.4, -0.2) is 0 Å². The van der Waals surface area contributed by atoms with E-state index < -0.39 is 0 Å². The SMILES string of the molecule is Clc1ccc(CSC=C2c3ccccc3N(Cc3ccccc3)c3ccccc32)cc1. The third kappa shape index (κ3) is 4.27. The molecule has 5 rings (SSSR count). The summed E-state index contributed by atoms with van der Waals surface area (Å²) in [5, 5.41) is 3.09. The molecule has 0 aliphatic carbocycles. The van der Waals surface area contributed by atoms with E-state index in [0.29, 0.717) is 0 Å². The van der Waals surface area contributed by atoms with Gasteiger partial charge in [0.05, 0.1) is 0 Å². The number of halogens is 1. The molecular formula is C28H22ClNS. The minimum Gasteiger partial charge on any atom is -0.336 e. The second-order valence-corrected chi connectivity index (χ2v) is 8.87. The van der Waals surface area contributed by atoms with Crippen LogP contribution in [0.4, 0.5) is 11.4 Å². The first kappa shape index (κ1) is 20.0. The van der Waals surface area contributed by atoms with E-state index in [1.54, 1.807) is 0 Å². The number of hydrogen-bond donors (Lipinski definition) is 0. The van der Waals surface area contributed by atoms with Gasteiger partial charge in [-0.3, -0.25) is 0 Å². The molecule has 0 spiro atoms. The van der Waals surface area contributed by atoms with E-state index in [1.807, 2.05) is 23.9 Å². The molecule has 0 saturated heterocycles. The number of rotatable bonds is 5. The fourth-order valence-corrected chi connectivity index (χ4v) is 5.03. The molecule has 0 bridgehead atoms. The lowest BCUT2D eigenvalue weighted by Crippen LogP contribution is -2.22. The largest absolute Gasteiger partial charge is 0.336 e. The Labute approximate surface area is 193 Å². The van der Waals surface area contributed by atoms with Gasteiger partial charge in [-0.1, -0.05) is 90.5 Å². The molecule has 0 radical (unpaired) electrons. The summed E-state index contributed by atoms with van der Waals surface area (Å²) in [7, 11) is 0. The van der Waals surface area contributed by atoms with Gasteiger partial charge in [0.25, 0.3) is 0 Å². The molecule has 0 atom stereocenters. The number of benzene rings is 4. The minimum atomic E-state index is 0.778. The molecule has 0 N–H and O–H groups in total. The second-order valence-electron chi connectivity index (χ2n) is 7.58. The van der Waals surface area contributed by atoms with Crippen LogP contribution in [0.15, 0.2) is 109 Å². The van der Waals surface area contributed by atoms with Gasteiger partial charge >= 0.3 is 0 Å².